The molecule has 2 aromatic rings. The molecule has 0 fully saturated rings. The standard InChI is InChI=1S/C16H18N2O/c1-11-12-6-3-4-7-14(12)19-15-8-5-9-18-16(15)13(11)10-17-2/h3-9,11,13,17H,10H2,1-2H3/t11-,13+/m0/s1. The van der Waals surface area contributed by atoms with Crippen LogP contribution in [0, 0.1) is 0 Å². The van der Waals surface area contributed by atoms with Gasteiger partial charge in [-0.15, -0.1) is 0 Å². The van der Waals surface area contributed by atoms with Gasteiger partial charge in [0.2, 0.25) is 0 Å². The van der Waals surface area contributed by atoms with E-state index in [1.54, 1.807) is 0 Å². The van der Waals surface area contributed by atoms with Gasteiger partial charge in [-0.05, 0) is 36.7 Å². The molecule has 0 bridgehead atoms. The van der Waals surface area contributed by atoms with Crippen LogP contribution in [0.5, 0.6) is 11.5 Å². The summed E-state index contributed by atoms with van der Waals surface area (Å²) >= 11 is 0. The molecule has 98 valence electrons. The Balaban J connectivity index is 2.15. The van der Waals surface area contributed by atoms with Gasteiger partial charge in [0.1, 0.15) is 11.5 Å². The van der Waals surface area contributed by atoms with Gasteiger partial charge in [0.25, 0.3) is 0 Å². The largest absolute Gasteiger partial charge is 0.455 e. The highest BCUT2D eigenvalue weighted by atomic mass is 16.5. The molecule has 0 spiro atoms. The average Bonchev–Trinajstić information content (AvgIpc) is 2.56. The molecule has 3 nitrogen and oxygen atoms in total. The number of hydrogen-bond donors (Lipinski definition) is 1. The maximum atomic E-state index is 6.06. The van der Waals surface area contributed by atoms with Crippen molar-refractivity contribution in [3.8, 4) is 11.5 Å². The molecular weight excluding hydrogens is 236 g/mol. The zero-order chi connectivity index (χ0) is 13.2. The van der Waals surface area contributed by atoms with Gasteiger partial charge in [0, 0.05) is 18.7 Å². The van der Waals surface area contributed by atoms with Crippen LogP contribution in [0.25, 0.3) is 0 Å². The SMILES string of the molecule is CNC[C@H]1c2ncccc2Oc2ccccc2[C@@H]1C. The van der Waals surface area contributed by atoms with Crippen molar-refractivity contribution < 1.29 is 4.74 Å². The fourth-order valence-corrected chi connectivity index (χ4v) is 2.78. The third kappa shape index (κ3) is 2.10. The third-order valence-corrected chi connectivity index (χ3v) is 3.81. The van der Waals surface area contributed by atoms with Crippen molar-refractivity contribution >= 4 is 0 Å². The number of pyridine rings is 1. The van der Waals surface area contributed by atoms with Gasteiger partial charge in [-0.1, -0.05) is 25.1 Å². The highest BCUT2D eigenvalue weighted by molar-refractivity contribution is 5.46. The highest BCUT2D eigenvalue weighted by Crippen LogP contribution is 2.44. The fourth-order valence-electron chi connectivity index (χ4n) is 2.78. The zero-order valence-corrected chi connectivity index (χ0v) is 11.3. The van der Waals surface area contributed by atoms with Crippen LogP contribution < -0.4 is 10.1 Å². The molecule has 3 rings (SSSR count). The molecule has 3 heteroatoms. The zero-order valence-electron chi connectivity index (χ0n) is 11.3. The van der Waals surface area contributed by atoms with Crippen molar-refractivity contribution in [2.45, 2.75) is 18.8 Å². The highest BCUT2D eigenvalue weighted by Gasteiger charge is 2.30. The summed E-state index contributed by atoms with van der Waals surface area (Å²) in [6.07, 6.45) is 1.84. The summed E-state index contributed by atoms with van der Waals surface area (Å²) in [6.45, 7) is 3.14. The molecule has 1 aliphatic rings. The Morgan fingerprint density at radius 3 is 2.79 bits per heavy atom. The van der Waals surface area contributed by atoms with Crippen molar-refractivity contribution in [1.82, 2.24) is 10.3 Å². The van der Waals surface area contributed by atoms with Gasteiger partial charge >= 0.3 is 0 Å². The molecule has 19 heavy (non-hydrogen) atoms. The molecule has 0 unspecified atom stereocenters. The Bertz CT molecular complexity index is 582. The van der Waals surface area contributed by atoms with E-state index >= 15 is 0 Å². The van der Waals surface area contributed by atoms with Gasteiger partial charge in [-0.3, -0.25) is 4.98 Å². The van der Waals surface area contributed by atoms with E-state index in [4.69, 9.17) is 4.74 Å². The number of ether oxygens (including phenoxy) is 1. The Labute approximate surface area is 113 Å². The predicted octanol–water partition coefficient (Wildman–Crippen LogP) is 3.29. The minimum Gasteiger partial charge on any atom is -0.455 e. The second-order valence-electron chi connectivity index (χ2n) is 4.98. The number of aromatic nitrogens is 1. The smallest absolute Gasteiger partial charge is 0.149 e. The van der Waals surface area contributed by atoms with Crippen molar-refractivity contribution in [2.75, 3.05) is 13.6 Å². The molecule has 0 saturated carbocycles. The number of benzene rings is 1. The minimum atomic E-state index is 0.324. The Kier molecular flexibility index (Phi) is 3.22. The number of para-hydroxylation sites is 1. The van der Waals surface area contributed by atoms with Crippen LogP contribution in [-0.2, 0) is 0 Å². The van der Waals surface area contributed by atoms with E-state index in [-0.39, 0.29) is 0 Å². The number of nitrogens with zero attached hydrogens (tertiary/aromatic N) is 1. The van der Waals surface area contributed by atoms with Crippen LogP contribution in [0.4, 0.5) is 0 Å². The lowest BCUT2D eigenvalue weighted by atomic mass is 9.85. The average molecular weight is 254 g/mol. The number of hydrogen-bond acceptors (Lipinski definition) is 3. The molecule has 1 aromatic carbocycles. The van der Waals surface area contributed by atoms with Gasteiger partial charge in [0.15, 0.2) is 0 Å². The summed E-state index contributed by atoms with van der Waals surface area (Å²) in [4.78, 5) is 4.55. The summed E-state index contributed by atoms with van der Waals surface area (Å²) in [6, 6.07) is 12.2. The molecule has 0 amide bonds. The first kappa shape index (κ1) is 12.2. The van der Waals surface area contributed by atoms with Crippen molar-refractivity contribution in [3.05, 3.63) is 53.9 Å². The molecule has 0 radical (unpaired) electrons. The van der Waals surface area contributed by atoms with E-state index in [1.165, 1.54) is 5.56 Å². The molecule has 1 N–H and O–H groups in total. The van der Waals surface area contributed by atoms with Crippen LogP contribution in [0.15, 0.2) is 42.6 Å². The number of likely N-dealkylation sites (N-methyl/N-ethyl adjacent to an activating group) is 1. The summed E-state index contributed by atoms with van der Waals surface area (Å²) in [5.41, 5.74) is 2.29. The first-order valence-corrected chi connectivity index (χ1v) is 6.67. The summed E-state index contributed by atoms with van der Waals surface area (Å²) < 4.78 is 6.06. The minimum absolute atomic E-state index is 0.324. The summed E-state index contributed by atoms with van der Waals surface area (Å²) in [5.74, 6) is 2.52. The Morgan fingerprint density at radius 2 is 1.95 bits per heavy atom. The molecular formula is C16H18N2O. The van der Waals surface area contributed by atoms with Gasteiger partial charge in [0.05, 0.1) is 5.69 Å². The van der Waals surface area contributed by atoms with Gasteiger partial charge in [-0.25, -0.2) is 0 Å². The van der Waals surface area contributed by atoms with Crippen LogP contribution in [0.2, 0.25) is 0 Å². The lowest BCUT2D eigenvalue weighted by molar-refractivity contribution is 0.473. The molecule has 0 saturated heterocycles. The Hall–Kier alpha value is -1.87. The van der Waals surface area contributed by atoms with E-state index in [0.29, 0.717) is 11.8 Å². The lowest BCUT2D eigenvalue weighted by Crippen LogP contribution is -2.22. The lowest BCUT2D eigenvalue weighted by Gasteiger charge is -2.21. The summed E-state index contributed by atoms with van der Waals surface area (Å²) in [5, 5.41) is 3.27. The molecule has 0 aliphatic carbocycles. The van der Waals surface area contributed by atoms with Crippen molar-refractivity contribution in [3.63, 3.8) is 0 Å². The summed E-state index contributed by atoms with van der Waals surface area (Å²) in [7, 11) is 1.98. The molecule has 1 aromatic heterocycles. The number of rotatable bonds is 2. The van der Waals surface area contributed by atoms with Crippen LogP contribution in [0.1, 0.15) is 30.0 Å². The monoisotopic (exact) mass is 254 g/mol. The first-order chi connectivity index (χ1) is 9.31. The fraction of sp³-hybridized carbons (Fsp3) is 0.312. The van der Waals surface area contributed by atoms with E-state index in [1.807, 2.05) is 37.5 Å². The van der Waals surface area contributed by atoms with Crippen LogP contribution in [0.3, 0.4) is 0 Å². The van der Waals surface area contributed by atoms with Gasteiger partial charge in [-0.2, -0.15) is 0 Å². The van der Waals surface area contributed by atoms with Crippen molar-refractivity contribution in [1.29, 1.82) is 0 Å². The molecule has 2 atom stereocenters. The maximum absolute atomic E-state index is 6.06. The first-order valence-electron chi connectivity index (χ1n) is 6.67. The molecule has 2 heterocycles. The van der Waals surface area contributed by atoms with E-state index in [9.17, 15) is 0 Å². The maximum Gasteiger partial charge on any atom is 0.149 e. The van der Waals surface area contributed by atoms with Crippen molar-refractivity contribution in [2.24, 2.45) is 0 Å². The normalized spacial score (nSPS) is 20.9. The number of fused-ring (bicyclic) bond motifs is 2. The van der Waals surface area contributed by atoms with Crippen LogP contribution >= 0.6 is 0 Å². The topological polar surface area (TPSA) is 34.2 Å². The van der Waals surface area contributed by atoms with E-state index < -0.39 is 0 Å². The number of nitrogens with one attached hydrogen (secondary N) is 1. The van der Waals surface area contributed by atoms with Crippen LogP contribution in [-0.4, -0.2) is 18.6 Å². The molecule has 1 aliphatic heterocycles. The second-order valence-corrected chi connectivity index (χ2v) is 4.98. The second kappa shape index (κ2) is 5.02. The Morgan fingerprint density at radius 1 is 1.16 bits per heavy atom. The van der Waals surface area contributed by atoms with Gasteiger partial charge < -0.3 is 10.1 Å². The third-order valence-electron chi connectivity index (χ3n) is 3.81. The quantitative estimate of drug-likeness (QED) is 0.893. The predicted molar refractivity (Wildman–Crippen MR) is 75.8 cm³/mol. The van der Waals surface area contributed by atoms with E-state index in [2.05, 4.69) is 29.4 Å². The van der Waals surface area contributed by atoms with E-state index in [0.717, 1.165) is 23.7 Å².